The first-order valence-electron chi connectivity index (χ1n) is 5.10. The molecule has 1 aliphatic heterocycles. The first kappa shape index (κ1) is 13.0. The minimum absolute atomic E-state index is 0.0626. The smallest absolute Gasteiger partial charge is 0.454 e. The Morgan fingerprint density at radius 2 is 1.89 bits per heavy atom. The fourth-order valence-corrected chi connectivity index (χ4v) is 1.79. The van der Waals surface area contributed by atoms with Crippen molar-refractivity contribution in [2.45, 2.75) is 12.6 Å². The lowest BCUT2D eigenvalue weighted by atomic mass is 10.1. The molecule has 0 saturated carbocycles. The molecule has 0 spiro atoms. The second-order valence-electron chi connectivity index (χ2n) is 3.66. The number of carbonyl (C=O) groups excluding carboxylic acids is 1. The number of ether oxygens (including phenoxy) is 2. The number of Topliss-reactive ketones (excluding diaryl/α,β-unsaturated/α-hetero) is 1. The van der Waals surface area contributed by atoms with Crippen LogP contribution in [0.4, 0.5) is 13.2 Å². The van der Waals surface area contributed by atoms with Gasteiger partial charge in [0.2, 0.25) is 0 Å². The Bertz CT molecular complexity index is 485. The van der Waals surface area contributed by atoms with Gasteiger partial charge >= 0.3 is 6.18 Å². The Balaban J connectivity index is 2.44. The third-order valence-electron chi connectivity index (χ3n) is 2.32. The van der Waals surface area contributed by atoms with Crippen molar-refractivity contribution in [1.82, 2.24) is 0 Å². The molecule has 0 amide bonds. The summed E-state index contributed by atoms with van der Waals surface area (Å²) in [5.41, 5.74) is -0.559. The molecular weight excluding hydrogens is 273 g/mol. The summed E-state index contributed by atoms with van der Waals surface area (Å²) in [6, 6.07) is 1.94. The van der Waals surface area contributed by atoms with Gasteiger partial charge in [-0.15, -0.1) is 0 Å². The van der Waals surface area contributed by atoms with Gasteiger partial charge in [0.1, 0.15) is 0 Å². The van der Waals surface area contributed by atoms with Crippen LogP contribution in [-0.4, -0.2) is 25.2 Å². The van der Waals surface area contributed by atoms with Crippen LogP contribution in [0.5, 0.6) is 11.5 Å². The van der Waals surface area contributed by atoms with Gasteiger partial charge in [-0.3, -0.25) is 4.79 Å². The second kappa shape index (κ2) is 4.68. The number of rotatable bonds is 1. The van der Waals surface area contributed by atoms with Crippen LogP contribution in [0, 0.1) is 0 Å². The number of carbonyl (C=O) groups is 1. The predicted octanol–water partition coefficient (Wildman–Crippen LogP) is 3.25. The van der Waals surface area contributed by atoms with E-state index in [1.807, 2.05) is 0 Å². The summed E-state index contributed by atoms with van der Waals surface area (Å²) in [5, 5.41) is -0.0676. The molecule has 1 aromatic rings. The molecule has 1 aromatic carbocycles. The topological polar surface area (TPSA) is 35.5 Å². The summed E-state index contributed by atoms with van der Waals surface area (Å²) < 4.78 is 47.4. The van der Waals surface area contributed by atoms with Crippen LogP contribution in [0.15, 0.2) is 12.1 Å². The zero-order chi connectivity index (χ0) is 13.3. The predicted molar refractivity (Wildman–Crippen MR) is 57.4 cm³/mol. The first-order valence-corrected chi connectivity index (χ1v) is 5.48. The maximum atomic E-state index is 12.3. The highest BCUT2D eigenvalue weighted by molar-refractivity contribution is 6.32. The number of alkyl halides is 3. The Morgan fingerprint density at radius 1 is 1.22 bits per heavy atom. The van der Waals surface area contributed by atoms with Crippen molar-refractivity contribution in [3.05, 3.63) is 22.7 Å². The fourth-order valence-electron chi connectivity index (χ4n) is 1.53. The van der Waals surface area contributed by atoms with E-state index in [2.05, 4.69) is 0 Å². The number of hydrogen-bond donors (Lipinski definition) is 0. The lowest BCUT2D eigenvalue weighted by molar-refractivity contribution is -0.0885. The van der Waals surface area contributed by atoms with Gasteiger partial charge in [-0.25, -0.2) is 0 Å². The summed E-state index contributed by atoms with van der Waals surface area (Å²) in [6.45, 7) is 0.659. The highest BCUT2D eigenvalue weighted by Crippen LogP contribution is 2.39. The fraction of sp³-hybridized carbons (Fsp3) is 0.364. The second-order valence-corrected chi connectivity index (χ2v) is 4.07. The van der Waals surface area contributed by atoms with Gasteiger partial charge in [-0.1, -0.05) is 11.6 Å². The normalized spacial score (nSPS) is 15.1. The standard InChI is InChI=1S/C11H8ClF3O3/c12-7-4-6(10(16)11(13,14)15)5-8-9(7)18-3-1-2-17-8/h4-5H,1-3H2. The molecule has 7 heteroatoms. The Hall–Kier alpha value is -1.43. The lowest BCUT2D eigenvalue weighted by Gasteiger charge is -2.12. The number of benzene rings is 1. The third-order valence-corrected chi connectivity index (χ3v) is 2.60. The van der Waals surface area contributed by atoms with E-state index >= 15 is 0 Å². The highest BCUT2D eigenvalue weighted by Gasteiger charge is 2.40. The van der Waals surface area contributed by atoms with Crippen molar-refractivity contribution in [2.75, 3.05) is 13.2 Å². The molecule has 0 bridgehead atoms. The Morgan fingerprint density at radius 3 is 2.56 bits per heavy atom. The van der Waals surface area contributed by atoms with Crippen LogP contribution in [0.1, 0.15) is 16.8 Å². The first-order chi connectivity index (χ1) is 8.39. The molecule has 0 unspecified atom stereocenters. The van der Waals surface area contributed by atoms with E-state index in [1.54, 1.807) is 0 Å². The molecular formula is C11H8ClF3O3. The number of halogens is 4. The van der Waals surface area contributed by atoms with Crippen molar-refractivity contribution in [3.8, 4) is 11.5 Å². The Kier molecular flexibility index (Phi) is 3.38. The summed E-state index contributed by atoms with van der Waals surface area (Å²) >= 11 is 5.79. The molecule has 0 N–H and O–H groups in total. The van der Waals surface area contributed by atoms with Crippen LogP contribution in [-0.2, 0) is 0 Å². The van der Waals surface area contributed by atoms with Crippen LogP contribution in [0.2, 0.25) is 5.02 Å². The number of hydrogen-bond acceptors (Lipinski definition) is 3. The molecule has 1 heterocycles. The molecule has 0 atom stereocenters. The summed E-state index contributed by atoms with van der Waals surface area (Å²) in [5.74, 6) is -1.72. The zero-order valence-electron chi connectivity index (χ0n) is 9.01. The van der Waals surface area contributed by atoms with Crippen molar-refractivity contribution < 1.29 is 27.4 Å². The van der Waals surface area contributed by atoms with Gasteiger partial charge in [0.05, 0.1) is 18.2 Å². The van der Waals surface area contributed by atoms with Crippen molar-refractivity contribution in [3.63, 3.8) is 0 Å². The van der Waals surface area contributed by atoms with Crippen molar-refractivity contribution in [2.24, 2.45) is 0 Å². The van der Waals surface area contributed by atoms with Crippen LogP contribution in [0.25, 0.3) is 0 Å². The molecule has 3 nitrogen and oxygen atoms in total. The Labute approximate surface area is 105 Å². The SMILES string of the molecule is O=C(c1cc(Cl)c2c(c1)OCCCO2)C(F)(F)F. The van der Waals surface area contributed by atoms with E-state index in [9.17, 15) is 18.0 Å². The molecule has 2 rings (SSSR count). The van der Waals surface area contributed by atoms with Gasteiger partial charge in [0.25, 0.3) is 5.78 Å². The molecule has 1 aliphatic rings. The van der Waals surface area contributed by atoms with Crippen molar-refractivity contribution in [1.29, 1.82) is 0 Å². The largest absolute Gasteiger partial charge is 0.489 e. The number of ketones is 1. The van der Waals surface area contributed by atoms with E-state index in [1.165, 1.54) is 0 Å². The average molecular weight is 281 g/mol. The molecule has 0 radical (unpaired) electrons. The molecule has 18 heavy (non-hydrogen) atoms. The lowest BCUT2D eigenvalue weighted by Crippen LogP contribution is -2.22. The maximum absolute atomic E-state index is 12.3. The zero-order valence-corrected chi connectivity index (χ0v) is 9.77. The third kappa shape index (κ3) is 2.53. The highest BCUT2D eigenvalue weighted by atomic mass is 35.5. The quantitative estimate of drug-likeness (QED) is 0.741. The van der Waals surface area contributed by atoms with Gasteiger partial charge in [0, 0.05) is 12.0 Å². The molecule has 0 aliphatic carbocycles. The minimum Gasteiger partial charge on any atom is -0.489 e. The van der Waals surface area contributed by atoms with Crippen LogP contribution < -0.4 is 9.47 Å². The maximum Gasteiger partial charge on any atom is 0.454 e. The van der Waals surface area contributed by atoms with Gasteiger partial charge < -0.3 is 9.47 Å². The van der Waals surface area contributed by atoms with Gasteiger partial charge in [-0.2, -0.15) is 13.2 Å². The molecule has 0 saturated heterocycles. The summed E-state index contributed by atoms with van der Waals surface area (Å²) in [4.78, 5) is 11.1. The van der Waals surface area contributed by atoms with E-state index < -0.39 is 17.5 Å². The van der Waals surface area contributed by atoms with Crippen LogP contribution >= 0.6 is 11.6 Å². The van der Waals surface area contributed by atoms with Crippen LogP contribution in [0.3, 0.4) is 0 Å². The van der Waals surface area contributed by atoms with Crippen molar-refractivity contribution >= 4 is 17.4 Å². The monoisotopic (exact) mass is 280 g/mol. The van der Waals surface area contributed by atoms with E-state index in [4.69, 9.17) is 21.1 Å². The molecule has 0 aromatic heterocycles. The molecule has 98 valence electrons. The number of fused-ring (bicyclic) bond motifs is 1. The average Bonchev–Trinajstić information content (AvgIpc) is 2.52. The van der Waals surface area contributed by atoms with Gasteiger partial charge in [0.15, 0.2) is 11.5 Å². The van der Waals surface area contributed by atoms with E-state index in [-0.39, 0.29) is 16.5 Å². The minimum atomic E-state index is -4.94. The molecule has 0 fully saturated rings. The van der Waals surface area contributed by atoms with E-state index in [0.29, 0.717) is 19.6 Å². The van der Waals surface area contributed by atoms with Gasteiger partial charge in [-0.05, 0) is 12.1 Å². The summed E-state index contributed by atoms with van der Waals surface area (Å²) in [6.07, 6.45) is -4.35. The van der Waals surface area contributed by atoms with E-state index in [0.717, 1.165) is 12.1 Å². The summed E-state index contributed by atoms with van der Waals surface area (Å²) in [7, 11) is 0.